The molecule has 29 nitrogen and oxygen atoms in total. The highest BCUT2D eigenvalue weighted by molar-refractivity contribution is 9.09. The molecule has 10 aliphatic rings. The van der Waals surface area contributed by atoms with Crippen molar-refractivity contribution in [2.75, 3.05) is 72.7 Å². The van der Waals surface area contributed by atoms with E-state index in [1.165, 1.54) is 31.2 Å². The summed E-state index contributed by atoms with van der Waals surface area (Å²) in [4.78, 5) is 11.0. The van der Waals surface area contributed by atoms with Crippen LogP contribution < -0.4 is 0 Å². The van der Waals surface area contributed by atoms with Gasteiger partial charge in [-0.05, 0) is 88.2 Å². The quantitative estimate of drug-likeness (QED) is 0.0319. The number of alkyl halides is 1. The molecule has 10 aliphatic heterocycles. The molecule has 34 heteroatoms. The van der Waals surface area contributed by atoms with Gasteiger partial charge < -0.3 is 77.6 Å². The van der Waals surface area contributed by atoms with Crippen molar-refractivity contribution in [2.24, 2.45) is 5.92 Å². The van der Waals surface area contributed by atoms with Gasteiger partial charge in [0.15, 0.2) is 0 Å². The summed E-state index contributed by atoms with van der Waals surface area (Å²) in [5, 5.41) is 46.3. The van der Waals surface area contributed by atoms with Gasteiger partial charge in [-0.15, -0.1) is 0 Å². The molecule has 0 aromatic heterocycles. The second-order valence-electron chi connectivity index (χ2n) is 27.1. The Bertz CT molecular complexity index is 3930. The van der Waals surface area contributed by atoms with E-state index < -0.39 is 108 Å². The number of aliphatic hydroxyl groups excluding tert-OH is 5. The fourth-order valence-electron chi connectivity index (χ4n) is 12.4. The van der Waals surface area contributed by atoms with E-state index >= 15 is 0 Å². The molecule has 5 aromatic carbocycles. The van der Waals surface area contributed by atoms with E-state index in [9.17, 15) is 53.8 Å². The minimum atomic E-state index is -3.90. The third-order valence-corrected chi connectivity index (χ3v) is 24.7. The van der Waals surface area contributed by atoms with Crippen molar-refractivity contribution in [1.82, 2.24) is 0 Å². The van der Waals surface area contributed by atoms with E-state index in [1.807, 2.05) is 84.0 Å². The molecule has 0 radical (unpaired) electrons. The Hall–Kier alpha value is -5.43. The summed E-state index contributed by atoms with van der Waals surface area (Å²) < 4.78 is 176. The van der Waals surface area contributed by atoms with Gasteiger partial charge in [-0.3, -0.25) is 21.5 Å². The Labute approximate surface area is 645 Å². The summed E-state index contributed by atoms with van der Waals surface area (Å²) in [6.07, 6.45) is 0.0604. The molecule has 0 amide bonds. The Morgan fingerprint density at radius 3 is 1.21 bits per heavy atom. The van der Waals surface area contributed by atoms with Crippen LogP contribution in [0.1, 0.15) is 55.0 Å². The van der Waals surface area contributed by atoms with Crippen LogP contribution >= 0.6 is 15.9 Å². The van der Waals surface area contributed by atoms with Crippen LogP contribution in [0.2, 0.25) is 0 Å². The first kappa shape index (κ1) is 87.5. The number of aryl methyl sites for hydroxylation is 4. The zero-order valence-electron chi connectivity index (χ0n) is 61.2. The van der Waals surface area contributed by atoms with Crippen LogP contribution in [-0.4, -0.2) is 253 Å². The Morgan fingerprint density at radius 1 is 0.459 bits per heavy atom. The van der Waals surface area contributed by atoms with E-state index in [0.717, 1.165) is 34.2 Å². The molecule has 0 bridgehead atoms. The second-order valence-corrected chi connectivity index (χ2v) is 34.5. The zero-order chi connectivity index (χ0) is 78.8. The third kappa shape index (κ3) is 24.5. The Balaban J connectivity index is 0.000000149. The number of carbonyl (C=O) groups excluding carboxylic acids is 1. The number of hydrogen-bond acceptors (Lipinski definition) is 29. The van der Waals surface area contributed by atoms with Gasteiger partial charge in [0.2, 0.25) is 0 Å². The first-order chi connectivity index (χ1) is 51.9. The normalized spacial score (nSPS) is 30.1. The molecule has 0 spiro atoms. The van der Waals surface area contributed by atoms with Gasteiger partial charge in [0.1, 0.15) is 104 Å². The lowest BCUT2D eigenvalue weighted by molar-refractivity contribution is -0.142. The van der Waals surface area contributed by atoms with Crippen molar-refractivity contribution in [3.63, 3.8) is 0 Å². The average molecular weight is 1670 g/mol. The first-order valence-corrected chi connectivity index (χ1v) is 42.0. The molecule has 109 heavy (non-hydrogen) atoms. The Kier molecular flexibility index (Phi) is 32.6. The highest BCUT2D eigenvalue weighted by Crippen LogP contribution is 2.37. The molecule has 5 aromatic rings. The molecule has 15 rings (SSSR count). The van der Waals surface area contributed by atoms with Crippen molar-refractivity contribution >= 4 is 62.4 Å². The number of rotatable bonds is 18. The van der Waals surface area contributed by atoms with Gasteiger partial charge in [-0.25, -0.2) is 0 Å². The number of aliphatic hydroxyl groups is 5. The SMILES string of the molecule is CC(=O)OCc1ccccc1.CC[C@H](O)[C@@H]1C=CCO1.Cc1ccc(S(=O)(=O)O[C@@H]2CO[C@H]3[C@@H]2OC[C@@H]3Br)cc1.Cc1ccc(S(=O)(=O)O[C@@H]2CO[C@H]3[C@@H]2OC[C@H]3C)cc1.Cc1ccc(S(=O)(=O)O[C@@H]2CO[C@H]3[C@@H]2OC[C@H]3O)cc1.Cc1ccc(S(=O)(=O)O[C@H](CO)[C@@H]2C=CCO2)cc1.O[C@@H]1CO[C@H]2[C@@H]1OC[C@H]2O. The smallest absolute Gasteiger partial charge is 0.302 e. The molecule has 8 fully saturated rings. The van der Waals surface area contributed by atoms with E-state index in [1.54, 1.807) is 84.9 Å². The summed E-state index contributed by atoms with van der Waals surface area (Å²) in [7, 11) is -15.3. The standard InChI is InChI=1S/C14H18O5S.C13H15BrO5S.C13H16O6S.C13H16O5S.C9H10O2.C7H12O2.C6H10O4/c1-9-3-5-11(6-4-9)20(15,16)19-12-8-18-13-10(2)7-17-14(12)13;2*1-8-2-4-9(5-3-8)20(15,16)19-11-7-18-12-10(14)6-17-13(11)12;1-10-4-6-11(7-5-10)19(15,16)18-13(9-14)12-3-2-8-17-12;1-8(10)11-7-9-5-3-2-4-6-9;1-2-6(8)7-4-3-5-9-7;7-3-1-9-6-4(8)2-10-5(3)6/h3-6,10,12-14H,7-8H2,1-2H3;2-5,10-13H,6-7H2,1H3;2-5,10-14H,6-7H2,1H3;2-7,12-14H,8-9H2,1H3;2-6H,7H2,1H3;3-4,6-8H,2,5H2,1H3;3-8H,1-2H2/t10-,12-,13-,14-;10-,11+,12+,13+;10-,11-,12-,13-;12-,13+;;6-,7-;3-,4-,5-,6-/m1010.01/s1. The predicted octanol–water partition coefficient (Wildman–Crippen LogP) is 5.34. The fourth-order valence-corrected chi connectivity index (χ4v) is 17.3. The van der Waals surface area contributed by atoms with Crippen LogP contribution in [0.5, 0.6) is 0 Å². The summed E-state index contributed by atoms with van der Waals surface area (Å²) in [6, 6.07) is 35.5. The molecular formula is C75H97BrO29S4. The number of halogens is 1. The lowest BCUT2D eigenvalue weighted by Crippen LogP contribution is -2.34. The third-order valence-electron chi connectivity index (χ3n) is 18.5. The summed E-state index contributed by atoms with van der Waals surface area (Å²) in [5.74, 6) is 0.0320. The van der Waals surface area contributed by atoms with Crippen molar-refractivity contribution in [3.8, 4) is 0 Å². The number of hydrogen-bond donors (Lipinski definition) is 5. The van der Waals surface area contributed by atoms with Crippen LogP contribution in [-0.2, 0) is 121 Å². The van der Waals surface area contributed by atoms with E-state index in [0.29, 0.717) is 33.0 Å². The van der Waals surface area contributed by atoms with Crippen molar-refractivity contribution < 1.29 is 133 Å². The highest BCUT2D eigenvalue weighted by Gasteiger charge is 2.52. The topological polar surface area (TPSA) is 393 Å². The average Bonchev–Trinajstić information content (AvgIpc) is 1.63. The Morgan fingerprint density at radius 2 is 0.807 bits per heavy atom. The van der Waals surface area contributed by atoms with E-state index in [2.05, 4.69) is 15.9 Å². The zero-order valence-corrected chi connectivity index (χ0v) is 66.1. The molecule has 0 saturated carbocycles. The van der Waals surface area contributed by atoms with Gasteiger partial charge in [-0.2, -0.15) is 33.7 Å². The van der Waals surface area contributed by atoms with Gasteiger partial charge in [0.05, 0.1) is 109 Å². The van der Waals surface area contributed by atoms with Crippen LogP contribution in [0.25, 0.3) is 0 Å². The van der Waals surface area contributed by atoms with Crippen LogP contribution in [0.15, 0.2) is 171 Å². The molecule has 0 unspecified atom stereocenters. The van der Waals surface area contributed by atoms with Crippen molar-refractivity contribution in [3.05, 3.63) is 180 Å². The number of benzene rings is 5. The van der Waals surface area contributed by atoms with Gasteiger partial charge >= 0.3 is 5.97 Å². The number of esters is 1. The molecule has 602 valence electrons. The lowest BCUT2D eigenvalue weighted by atomic mass is 10.0. The minimum absolute atomic E-state index is 0.0463. The van der Waals surface area contributed by atoms with Crippen LogP contribution in [0, 0.1) is 33.6 Å². The monoisotopic (exact) mass is 1670 g/mol. The van der Waals surface area contributed by atoms with Crippen molar-refractivity contribution in [2.45, 2.75) is 196 Å². The lowest BCUT2D eigenvalue weighted by Gasteiger charge is -2.20. The molecular weight excluding hydrogens is 1570 g/mol. The fraction of sp³-hybridized carbons (Fsp3) is 0.533. The molecule has 8 saturated heterocycles. The largest absolute Gasteiger partial charge is 0.461 e. The summed E-state index contributed by atoms with van der Waals surface area (Å²) in [6.45, 7) is 16.3. The molecule has 0 aliphatic carbocycles. The molecule has 5 N–H and O–H groups in total. The molecule has 20 atom stereocenters. The van der Waals surface area contributed by atoms with Gasteiger partial charge in [0.25, 0.3) is 40.5 Å². The maximum absolute atomic E-state index is 12.2. The van der Waals surface area contributed by atoms with Gasteiger partial charge in [-0.1, -0.05) is 155 Å². The number of fused-ring (bicyclic) bond motifs is 4. The molecule has 10 heterocycles. The maximum Gasteiger partial charge on any atom is 0.302 e. The summed E-state index contributed by atoms with van der Waals surface area (Å²) in [5.41, 5.74) is 4.94. The first-order valence-electron chi connectivity index (χ1n) is 35.5. The van der Waals surface area contributed by atoms with E-state index in [-0.39, 0.29) is 125 Å². The minimum Gasteiger partial charge on any atom is -0.461 e. The van der Waals surface area contributed by atoms with Crippen LogP contribution in [0.4, 0.5) is 0 Å². The maximum atomic E-state index is 12.2. The van der Waals surface area contributed by atoms with E-state index in [4.69, 9.17) is 79.1 Å². The van der Waals surface area contributed by atoms with Crippen LogP contribution in [0.3, 0.4) is 0 Å². The van der Waals surface area contributed by atoms with Gasteiger partial charge in [0, 0.05) is 12.8 Å². The second kappa shape index (κ2) is 40.5. The van der Waals surface area contributed by atoms with Crippen molar-refractivity contribution in [1.29, 1.82) is 0 Å². The number of carbonyl (C=O) groups is 1. The predicted molar refractivity (Wildman–Crippen MR) is 394 cm³/mol. The summed E-state index contributed by atoms with van der Waals surface area (Å²) >= 11 is 3.45. The highest BCUT2D eigenvalue weighted by atomic mass is 79.9. The number of ether oxygens (including phenoxy) is 11.